The van der Waals surface area contributed by atoms with E-state index in [4.69, 9.17) is 4.74 Å². The predicted octanol–water partition coefficient (Wildman–Crippen LogP) is 0.730. The largest absolute Gasteiger partial charge is 0.377 e. The van der Waals surface area contributed by atoms with Gasteiger partial charge in [-0.2, -0.15) is 17.4 Å². The molecule has 0 unspecified atom stereocenters. The van der Waals surface area contributed by atoms with Crippen LogP contribution in [0.15, 0.2) is 0 Å². The zero-order valence-electron chi connectivity index (χ0n) is 10.3. The highest BCUT2D eigenvalue weighted by Crippen LogP contribution is 2.16. The molecule has 0 spiro atoms. The highest BCUT2D eigenvalue weighted by atomic mass is 32.2. The van der Waals surface area contributed by atoms with E-state index in [0.29, 0.717) is 13.1 Å². The third-order valence-corrected chi connectivity index (χ3v) is 4.77. The van der Waals surface area contributed by atoms with E-state index >= 15 is 0 Å². The van der Waals surface area contributed by atoms with E-state index in [0.717, 1.165) is 19.4 Å². The lowest BCUT2D eigenvalue weighted by atomic mass is 10.1. The van der Waals surface area contributed by atoms with Gasteiger partial charge in [0.2, 0.25) is 0 Å². The van der Waals surface area contributed by atoms with Gasteiger partial charge in [0.1, 0.15) is 0 Å². The van der Waals surface area contributed by atoms with Gasteiger partial charge < -0.3 is 4.74 Å². The van der Waals surface area contributed by atoms with Gasteiger partial charge in [-0.3, -0.25) is 0 Å². The number of hydrogen-bond donors (Lipinski definition) is 1. The highest BCUT2D eigenvalue weighted by Gasteiger charge is 2.28. The van der Waals surface area contributed by atoms with Crippen molar-refractivity contribution in [2.75, 3.05) is 19.7 Å². The van der Waals surface area contributed by atoms with E-state index in [1.54, 1.807) is 0 Å². The normalized spacial score (nSPS) is 23.9. The van der Waals surface area contributed by atoms with Crippen LogP contribution in [0.2, 0.25) is 0 Å². The van der Waals surface area contributed by atoms with Gasteiger partial charge in [0.15, 0.2) is 0 Å². The smallest absolute Gasteiger partial charge is 0.279 e. The molecule has 0 bridgehead atoms. The summed E-state index contributed by atoms with van der Waals surface area (Å²) in [5.74, 6) is 0. The Morgan fingerprint density at radius 3 is 2.50 bits per heavy atom. The topological polar surface area (TPSA) is 58.6 Å². The van der Waals surface area contributed by atoms with Crippen molar-refractivity contribution in [3.63, 3.8) is 0 Å². The SMILES string of the molecule is CCN(CC)S(=O)(=O)N[C@H](C)[C@@H]1CCCO1. The molecule has 1 saturated heterocycles. The molecule has 0 aliphatic carbocycles. The fourth-order valence-corrected chi connectivity index (χ4v) is 3.40. The van der Waals surface area contributed by atoms with Gasteiger partial charge in [-0.05, 0) is 19.8 Å². The van der Waals surface area contributed by atoms with Crippen LogP contribution in [0.1, 0.15) is 33.6 Å². The molecule has 1 rings (SSSR count). The van der Waals surface area contributed by atoms with Gasteiger partial charge in [-0.25, -0.2) is 0 Å². The standard InChI is InChI=1S/C10H22N2O3S/c1-4-12(5-2)16(13,14)11-9(3)10-7-6-8-15-10/h9-11H,4-8H2,1-3H3/t9-,10+/m1/s1. The summed E-state index contributed by atoms with van der Waals surface area (Å²) in [6.45, 7) is 7.24. The van der Waals surface area contributed by atoms with Crippen LogP contribution in [0.5, 0.6) is 0 Å². The van der Waals surface area contributed by atoms with Gasteiger partial charge >= 0.3 is 0 Å². The second-order valence-electron chi connectivity index (χ2n) is 4.05. The molecule has 0 aromatic heterocycles. The lowest BCUT2D eigenvalue weighted by molar-refractivity contribution is 0.0897. The quantitative estimate of drug-likeness (QED) is 0.756. The van der Waals surface area contributed by atoms with E-state index in [1.807, 2.05) is 20.8 Å². The molecule has 1 heterocycles. The third-order valence-electron chi connectivity index (χ3n) is 2.90. The minimum atomic E-state index is -3.36. The maximum atomic E-state index is 11.9. The van der Waals surface area contributed by atoms with E-state index in [9.17, 15) is 8.42 Å². The fraction of sp³-hybridized carbons (Fsp3) is 1.00. The molecule has 1 N–H and O–H groups in total. The van der Waals surface area contributed by atoms with Gasteiger partial charge in [0, 0.05) is 25.7 Å². The molecule has 0 amide bonds. The summed E-state index contributed by atoms with van der Waals surface area (Å²) in [6, 6.07) is -0.159. The van der Waals surface area contributed by atoms with Crippen molar-refractivity contribution in [3.8, 4) is 0 Å². The Hall–Kier alpha value is -0.170. The van der Waals surface area contributed by atoms with E-state index in [1.165, 1.54) is 4.31 Å². The second kappa shape index (κ2) is 5.95. The maximum absolute atomic E-state index is 11.9. The van der Waals surface area contributed by atoms with Crippen molar-refractivity contribution in [1.82, 2.24) is 9.03 Å². The summed E-state index contributed by atoms with van der Waals surface area (Å²) in [4.78, 5) is 0. The van der Waals surface area contributed by atoms with Gasteiger partial charge in [0.25, 0.3) is 10.2 Å². The van der Waals surface area contributed by atoms with Crippen molar-refractivity contribution in [2.45, 2.75) is 45.8 Å². The van der Waals surface area contributed by atoms with Crippen molar-refractivity contribution in [2.24, 2.45) is 0 Å². The second-order valence-corrected chi connectivity index (χ2v) is 5.75. The molecular weight excluding hydrogens is 228 g/mol. The fourth-order valence-electron chi connectivity index (χ4n) is 1.95. The van der Waals surface area contributed by atoms with Gasteiger partial charge in [-0.15, -0.1) is 0 Å². The molecule has 1 fully saturated rings. The molecular formula is C10H22N2O3S. The Labute approximate surface area is 98.3 Å². The van der Waals surface area contributed by atoms with Crippen LogP contribution in [0.4, 0.5) is 0 Å². The van der Waals surface area contributed by atoms with Crippen LogP contribution in [-0.2, 0) is 14.9 Å². The van der Waals surface area contributed by atoms with Crippen LogP contribution < -0.4 is 4.72 Å². The maximum Gasteiger partial charge on any atom is 0.279 e. The van der Waals surface area contributed by atoms with E-state index < -0.39 is 10.2 Å². The predicted molar refractivity (Wildman–Crippen MR) is 63.4 cm³/mol. The Morgan fingerprint density at radius 1 is 1.44 bits per heavy atom. The Bertz CT molecular complexity index is 295. The lowest BCUT2D eigenvalue weighted by Gasteiger charge is -2.24. The summed E-state index contributed by atoms with van der Waals surface area (Å²) in [5, 5.41) is 0. The average Bonchev–Trinajstić information content (AvgIpc) is 2.70. The van der Waals surface area contributed by atoms with Crippen molar-refractivity contribution in [3.05, 3.63) is 0 Å². The summed E-state index contributed by atoms with van der Waals surface area (Å²) in [7, 11) is -3.36. The lowest BCUT2D eigenvalue weighted by Crippen LogP contribution is -2.48. The molecule has 0 saturated carbocycles. The third kappa shape index (κ3) is 3.41. The van der Waals surface area contributed by atoms with Crippen molar-refractivity contribution >= 4 is 10.2 Å². The van der Waals surface area contributed by atoms with Crippen LogP contribution in [-0.4, -0.2) is 44.6 Å². The first-order valence-corrected chi connectivity index (χ1v) is 7.34. The molecule has 6 heteroatoms. The van der Waals surface area contributed by atoms with E-state index in [2.05, 4.69) is 4.72 Å². The Balaban J connectivity index is 2.57. The van der Waals surface area contributed by atoms with E-state index in [-0.39, 0.29) is 12.1 Å². The molecule has 1 aliphatic heterocycles. The first kappa shape index (κ1) is 13.9. The van der Waals surface area contributed by atoms with Crippen molar-refractivity contribution in [1.29, 1.82) is 0 Å². The number of nitrogens with one attached hydrogen (secondary N) is 1. The number of nitrogens with zero attached hydrogens (tertiary/aromatic N) is 1. The molecule has 0 radical (unpaired) electrons. The zero-order valence-corrected chi connectivity index (χ0v) is 11.1. The molecule has 96 valence electrons. The molecule has 16 heavy (non-hydrogen) atoms. The first-order chi connectivity index (χ1) is 7.51. The minimum absolute atomic E-state index is 0.0188. The monoisotopic (exact) mass is 250 g/mol. The van der Waals surface area contributed by atoms with Crippen LogP contribution in [0.25, 0.3) is 0 Å². The summed E-state index contributed by atoms with van der Waals surface area (Å²) in [5.41, 5.74) is 0. The van der Waals surface area contributed by atoms with Crippen LogP contribution in [0.3, 0.4) is 0 Å². The molecule has 0 aromatic rings. The van der Waals surface area contributed by atoms with Crippen molar-refractivity contribution < 1.29 is 13.2 Å². The minimum Gasteiger partial charge on any atom is -0.377 e. The molecule has 0 aromatic carbocycles. The van der Waals surface area contributed by atoms with Gasteiger partial charge in [-0.1, -0.05) is 13.8 Å². The van der Waals surface area contributed by atoms with Crippen LogP contribution >= 0.6 is 0 Å². The van der Waals surface area contributed by atoms with Gasteiger partial charge in [0.05, 0.1) is 6.10 Å². The Morgan fingerprint density at radius 2 is 2.06 bits per heavy atom. The number of rotatable bonds is 6. The Kier molecular flexibility index (Phi) is 5.17. The number of hydrogen-bond acceptors (Lipinski definition) is 3. The average molecular weight is 250 g/mol. The summed E-state index contributed by atoms with van der Waals surface area (Å²) in [6.07, 6.45) is 1.97. The first-order valence-electron chi connectivity index (χ1n) is 5.90. The van der Waals surface area contributed by atoms with Crippen LogP contribution in [0, 0.1) is 0 Å². The summed E-state index contributed by atoms with van der Waals surface area (Å²) < 4.78 is 33.4. The molecule has 2 atom stereocenters. The summed E-state index contributed by atoms with van der Waals surface area (Å²) >= 11 is 0. The highest BCUT2D eigenvalue weighted by molar-refractivity contribution is 7.87. The number of ether oxygens (including phenoxy) is 1. The molecule has 1 aliphatic rings. The zero-order chi connectivity index (χ0) is 12.2. The molecule has 5 nitrogen and oxygen atoms in total.